The summed E-state index contributed by atoms with van der Waals surface area (Å²) in [5, 5.41) is 3.41. The molecule has 0 spiro atoms. The van der Waals surface area contributed by atoms with Crippen LogP contribution in [0.3, 0.4) is 0 Å². The van der Waals surface area contributed by atoms with Gasteiger partial charge in [-0.25, -0.2) is 4.39 Å². The van der Waals surface area contributed by atoms with Gasteiger partial charge in [-0.05, 0) is 29.8 Å². The van der Waals surface area contributed by atoms with Gasteiger partial charge in [0.25, 0.3) is 0 Å². The van der Waals surface area contributed by atoms with Crippen molar-refractivity contribution >= 4 is 23.1 Å². The van der Waals surface area contributed by atoms with Crippen LogP contribution < -0.4 is 5.32 Å². The van der Waals surface area contributed by atoms with Crippen molar-refractivity contribution in [3.8, 4) is 0 Å². The zero-order valence-electron chi connectivity index (χ0n) is 9.99. The summed E-state index contributed by atoms with van der Waals surface area (Å²) in [6.45, 7) is 0. The molecule has 0 radical (unpaired) electrons. The lowest BCUT2D eigenvalue weighted by Crippen LogP contribution is -2.27. The summed E-state index contributed by atoms with van der Waals surface area (Å²) in [4.78, 5) is 12.3. The molecule has 19 heavy (non-hydrogen) atoms. The van der Waals surface area contributed by atoms with E-state index in [0.717, 1.165) is 17.3 Å². The molecular formula is C15H11ClFNO. The largest absolute Gasteiger partial charge is 0.374 e. The van der Waals surface area contributed by atoms with Crippen LogP contribution in [0.25, 0.3) is 0 Å². The zero-order valence-corrected chi connectivity index (χ0v) is 10.7. The topological polar surface area (TPSA) is 29.1 Å². The average molecular weight is 276 g/mol. The third-order valence-corrected chi connectivity index (χ3v) is 3.52. The second-order valence-corrected chi connectivity index (χ2v) is 4.98. The summed E-state index contributed by atoms with van der Waals surface area (Å²) in [6.07, 6.45) is 0.580. The second kappa shape index (κ2) is 4.67. The quantitative estimate of drug-likeness (QED) is 0.847. The van der Waals surface area contributed by atoms with Crippen LogP contribution in [0.15, 0.2) is 42.5 Å². The number of hydrogen-bond acceptors (Lipinski definition) is 2. The maximum atomic E-state index is 13.8. The molecule has 2 nitrogen and oxygen atoms in total. The molecule has 3 rings (SSSR count). The van der Waals surface area contributed by atoms with Crippen LogP contribution in [0, 0.1) is 5.82 Å². The van der Waals surface area contributed by atoms with Gasteiger partial charge < -0.3 is 5.32 Å². The van der Waals surface area contributed by atoms with Crippen molar-refractivity contribution in [1.29, 1.82) is 0 Å². The first kappa shape index (κ1) is 12.2. The first-order valence-corrected chi connectivity index (χ1v) is 6.36. The molecule has 0 amide bonds. The van der Waals surface area contributed by atoms with Crippen LogP contribution in [0.1, 0.15) is 15.9 Å². The number of Topliss-reactive ketones (excluding diaryl/α,β-unsaturated/α-hetero) is 1. The second-order valence-electron chi connectivity index (χ2n) is 4.55. The lowest BCUT2D eigenvalue weighted by Gasteiger charge is -2.11. The van der Waals surface area contributed by atoms with E-state index in [1.165, 1.54) is 12.1 Å². The molecular weight excluding hydrogens is 265 g/mol. The van der Waals surface area contributed by atoms with Crippen LogP contribution in [0.5, 0.6) is 0 Å². The maximum Gasteiger partial charge on any atom is 0.188 e. The van der Waals surface area contributed by atoms with Crippen molar-refractivity contribution in [2.75, 3.05) is 5.32 Å². The summed E-state index contributed by atoms with van der Waals surface area (Å²) >= 11 is 5.69. The molecule has 1 aliphatic rings. The van der Waals surface area contributed by atoms with Crippen molar-refractivity contribution < 1.29 is 9.18 Å². The third kappa shape index (κ3) is 2.22. The van der Waals surface area contributed by atoms with Gasteiger partial charge in [0, 0.05) is 17.1 Å². The van der Waals surface area contributed by atoms with E-state index in [1.807, 2.05) is 24.3 Å². The number of benzene rings is 2. The van der Waals surface area contributed by atoms with Crippen molar-refractivity contribution in [3.05, 3.63) is 64.4 Å². The Morgan fingerprint density at radius 3 is 2.79 bits per heavy atom. The monoisotopic (exact) mass is 275 g/mol. The Balaban J connectivity index is 1.87. The van der Waals surface area contributed by atoms with E-state index in [2.05, 4.69) is 5.32 Å². The van der Waals surface area contributed by atoms with E-state index in [9.17, 15) is 9.18 Å². The molecule has 0 saturated heterocycles. The molecule has 2 aromatic carbocycles. The predicted octanol–water partition coefficient (Wildman–Crippen LogP) is 3.70. The van der Waals surface area contributed by atoms with Gasteiger partial charge in [0.2, 0.25) is 0 Å². The highest BCUT2D eigenvalue weighted by Gasteiger charge is 2.28. The fourth-order valence-electron chi connectivity index (χ4n) is 2.33. The van der Waals surface area contributed by atoms with Gasteiger partial charge in [-0.3, -0.25) is 4.79 Å². The molecule has 1 atom stereocenters. The molecule has 0 aromatic heterocycles. The number of anilines is 1. The number of hydrogen-bond donors (Lipinski definition) is 1. The van der Waals surface area contributed by atoms with Crippen LogP contribution in [-0.2, 0) is 6.42 Å². The van der Waals surface area contributed by atoms with Crippen LogP contribution in [0.2, 0.25) is 5.02 Å². The Morgan fingerprint density at radius 2 is 2.05 bits per heavy atom. The van der Waals surface area contributed by atoms with Gasteiger partial charge in [0.05, 0.1) is 11.6 Å². The number of ketones is 1. The fraction of sp³-hybridized carbons (Fsp3) is 0.133. The van der Waals surface area contributed by atoms with Crippen LogP contribution in [-0.4, -0.2) is 11.8 Å². The van der Waals surface area contributed by atoms with E-state index in [4.69, 9.17) is 11.6 Å². The molecule has 1 heterocycles. The number of halogens is 2. The Bertz CT molecular complexity index is 631. The Labute approximate surface area is 115 Å². The minimum Gasteiger partial charge on any atom is -0.374 e. The first-order chi connectivity index (χ1) is 9.15. The highest BCUT2D eigenvalue weighted by molar-refractivity contribution is 6.30. The number of fused-ring (bicyclic) bond motifs is 1. The Hall–Kier alpha value is -1.87. The highest BCUT2D eigenvalue weighted by Crippen LogP contribution is 2.27. The summed E-state index contributed by atoms with van der Waals surface area (Å²) in [5.41, 5.74) is 2.10. The van der Waals surface area contributed by atoms with Crippen molar-refractivity contribution in [3.63, 3.8) is 0 Å². The predicted molar refractivity (Wildman–Crippen MR) is 73.3 cm³/mol. The fourth-order valence-corrected chi connectivity index (χ4v) is 2.49. The van der Waals surface area contributed by atoms with Crippen molar-refractivity contribution in [2.24, 2.45) is 0 Å². The summed E-state index contributed by atoms with van der Waals surface area (Å²) in [5.74, 6) is -0.819. The van der Waals surface area contributed by atoms with Gasteiger partial charge >= 0.3 is 0 Å². The SMILES string of the molecule is O=C(c1ccc(Cl)cc1F)C1Cc2ccccc2N1. The van der Waals surface area contributed by atoms with Gasteiger partial charge in [-0.15, -0.1) is 0 Å². The summed E-state index contributed by atoms with van der Waals surface area (Å²) in [7, 11) is 0. The first-order valence-electron chi connectivity index (χ1n) is 5.99. The van der Waals surface area contributed by atoms with Gasteiger partial charge in [0.1, 0.15) is 5.82 Å². The zero-order chi connectivity index (χ0) is 13.4. The number of nitrogens with one attached hydrogen (secondary N) is 1. The minimum absolute atomic E-state index is 0.0784. The van der Waals surface area contributed by atoms with Gasteiger partial charge in [-0.1, -0.05) is 29.8 Å². The lowest BCUT2D eigenvalue weighted by atomic mass is 10.0. The number of para-hydroxylation sites is 1. The van der Waals surface area contributed by atoms with E-state index in [0.29, 0.717) is 6.42 Å². The van der Waals surface area contributed by atoms with E-state index in [-0.39, 0.29) is 16.4 Å². The molecule has 0 fully saturated rings. The lowest BCUT2D eigenvalue weighted by molar-refractivity contribution is 0.0968. The van der Waals surface area contributed by atoms with Gasteiger partial charge in [0.15, 0.2) is 5.78 Å². The normalized spacial score (nSPS) is 16.8. The molecule has 0 bridgehead atoms. The minimum atomic E-state index is -0.574. The van der Waals surface area contributed by atoms with Crippen LogP contribution in [0.4, 0.5) is 10.1 Å². The molecule has 2 aromatic rings. The number of carbonyl (C=O) groups is 1. The van der Waals surface area contributed by atoms with Crippen LogP contribution >= 0.6 is 11.6 Å². The molecule has 96 valence electrons. The molecule has 1 aliphatic heterocycles. The summed E-state index contributed by atoms with van der Waals surface area (Å²) in [6, 6.07) is 11.4. The molecule has 4 heteroatoms. The van der Waals surface area contributed by atoms with E-state index in [1.54, 1.807) is 0 Å². The Kier molecular flexibility index (Phi) is 2.99. The third-order valence-electron chi connectivity index (χ3n) is 3.28. The van der Waals surface area contributed by atoms with Crippen molar-refractivity contribution in [2.45, 2.75) is 12.5 Å². The smallest absolute Gasteiger partial charge is 0.188 e. The highest BCUT2D eigenvalue weighted by atomic mass is 35.5. The maximum absolute atomic E-state index is 13.8. The molecule has 1 N–H and O–H groups in total. The standard InChI is InChI=1S/C15H11ClFNO/c16-10-5-6-11(12(17)8-10)15(19)14-7-9-3-1-2-4-13(9)18-14/h1-6,8,14,18H,7H2. The van der Waals surface area contributed by atoms with Gasteiger partial charge in [-0.2, -0.15) is 0 Å². The Morgan fingerprint density at radius 1 is 1.26 bits per heavy atom. The van der Waals surface area contributed by atoms with Crippen molar-refractivity contribution in [1.82, 2.24) is 0 Å². The van der Waals surface area contributed by atoms with E-state index < -0.39 is 11.9 Å². The molecule has 0 saturated carbocycles. The summed E-state index contributed by atoms with van der Waals surface area (Å²) < 4.78 is 13.8. The van der Waals surface area contributed by atoms with E-state index >= 15 is 0 Å². The molecule has 0 aliphatic carbocycles. The number of carbonyl (C=O) groups excluding carboxylic acids is 1. The molecule has 1 unspecified atom stereocenters. The average Bonchev–Trinajstić information content (AvgIpc) is 2.81. The number of rotatable bonds is 2.